The second-order valence-electron chi connectivity index (χ2n) is 3.85. The Bertz CT molecular complexity index is 379. The zero-order chi connectivity index (χ0) is 12.1. The molecule has 1 unspecified atom stereocenters. The van der Waals surface area contributed by atoms with Gasteiger partial charge >= 0.3 is 0 Å². The Balaban J connectivity index is 2.66. The van der Waals surface area contributed by atoms with Crippen LogP contribution in [-0.2, 0) is 0 Å². The Hall–Kier alpha value is -1.16. The normalized spacial score (nSPS) is 12.2. The van der Waals surface area contributed by atoms with E-state index in [0.717, 1.165) is 5.56 Å². The van der Waals surface area contributed by atoms with Crippen LogP contribution in [0.1, 0.15) is 22.8 Å². The zero-order valence-electron chi connectivity index (χ0n) is 9.91. The first-order valence-corrected chi connectivity index (χ1v) is 6.50. The molecule has 1 aromatic rings. The van der Waals surface area contributed by atoms with Crippen molar-refractivity contribution in [2.75, 3.05) is 18.5 Å². The van der Waals surface area contributed by atoms with Gasteiger partial charge in [0.25, 0.3) is 5.91 Å². The Kier molecular flexibility index (Phi) is 4.68. The summed E-state index contributed by atoms with van der Waals surface area (Å²) in [5.41, 5.74) is 7.95. The highest BCUT2D eigenvalue weighted by Crippen LogP contribution is 2.13. The summed E-state index contributed by atoms with van der Waals surface area (Å²) in [4.78, 5) is 11.8. The molecule has 0 bridgehead atoms. The summed E-state index contributed by atoms with van der Waals surface area (Å²) in [6.45, 7) is 4.69. The first kappa shape index (κ1) is 12.9. The standard InChI is InChI=1S/C12H18N2OS/c1-8-4-5-10(11(13)6-8)12(15)14-7-9(2)16-3/h4-6,9H,7,13H2,1-3H3,(H,14,15). The molecular weight excluding hydrogens is 220 g/mol. The van der Waals surface area contributed by atoms with Gasteiger partial charge in [-0.05, 0) is 30.9 Å². The molecule has 0 radical (unpaired) electrons. The second kappa shape index (κ2) is 5.80. The van der Waals surface area contributed by atoms with Crippen molar-refractivity contribution in [1.29, 1.82) is 0 Å². The SMILES string of the molecule is CSC(C)CNC(=O)c1ccc(C)cc1N. The number of hydrogen-bond donors (Lipinski definition) is 2. The van der Waals surface area contributed by atoms with Crippen molar-refractivity contribution in [3.8, 4) is 0 Å². The molecule has 1 amide bonds. The third-order valence-corrected chi connectivity index (χ3v) is 3.38. The Morgan fingerprint density at radius 2 is 2.25 bits per heavy atom. The Labute approximate surface area is 101 Å². The van der Waals surface area contributed by atoms with Gasteiger partial charge in [-0.3, -0.25) is 4.79 Å². The molecule has 0 aliphatic rings. The van der Waals surface area contributed by atoms with Crippen LogP contribution in [0.5, 0.6) is 0 Å². The van der Waals surface area contributed by atoms with E-state index >= 15 is 0 Å². The molecule has 1 atom stereocenters. The van der Waals surface area contributed by atoms with Crippen molar-refractivity contribution in [2.24, 2.45) is 0 Å². The predicted octanol–water partition coefficient (Wildman–Crippen LogP) is 2.06. The van der Waals surface area contributed by atoms with Gasteiger partial charge in [0, 0.05) is 17.5 Å². The number of aryl methyl sites for hydroxylation is 1. The van der Waals surface area contributed by atoms with E-state index in [9.17, 15) is 4.79 Å². The minimum absolute atomic E-state index is 0.0987. The van der Waals surface area contributed by atoms with Gasteiger partial charge in [0.05, 0.1) is 5.56 Å². The molecule has 0 heterocycles. The number of rotatable bonds is 4. The highest BCUT2D eigenvalue weighted by Gasteiger charge is 2.10. The smallest absolute Gasteiger partial charge is 0.253 e. The lowest BCUT2D eigenvalue weighted by Gasteiger charge is -2.11. The molecule has 0 aliphatic heterocycles. The monoisotopic (exact) mass is 238 g/mol. The minimum Gasteiger partial charge on any atom is -0.398 e. The van der Waals surface area contributed by atoms with Crippen molar-refractivity contribution in [3.05, 3.63) is 29.3 Å². The summed E-state index contributed by atoms with van der Waals surface area (Å²) >= 11 is 1.72. The van der Waals surface area contributed by atoms with Gasteiger partial charge in [0.15, 0.2) is 0 Å². The Morgan fingerprint density at radius 3 is 2.81 bits per heavy atom. The number of amides is 1. The quantitative estimate of drug-likeness (QED) is 0.789. The van der Waals surface area contributed by atoms with Crippen molar-refractivity contribution >= 4 is 23.4 Å². The highest BCUT2D eigenvalue weighted by molar-refractivity contribution is 7.99. The molecule has 0 saturated carbocycles. The maximum Gasteiger partial charge on any atom is 0.253 e. The molecule has 0 fully saturated rings. The summed E-state index contributed by atoms with van der Waals surface area (Å²) < 4.78 is 0. The Morgan fingerprint density at radius 1 is 1.56 bits per heavy atom. The van der Waals surface area contributed by atoms with E-state index in [4.69, 9.17) is 5.73 Å². The van der Waals surface area contributed by atoms with E-state index in [1.165, 1.54) is 0 Å². The van der Waals surface area contributed by atoms with E-state index in [0.29, 0.717) is 23.0 Å². The third kappa shape index (κ3) is 3.45. The molecule has 3 N–H and O–H groups in total. The lowest BCUT2D eigenvalue weighted by Crippen LogP contribution is -2.29. The molecule has 4 heteroatoms. The highest BCUT2D eigenvalue weighted by atomic mass is 32.2. The van der Waals surface area contributed by atoms with Crippen LogP contribution >= 0.6 is 11.8 Å². The summed E-state index contributed by atoms with van der Waals surface area (Å²) in [5, 5.41) is 3.28. The fourth-order valence-corrected chi connectivity index (χ4v) is 1.55. The summed E-state index contributed by atoms with van der Waals surface area (Å²) in [6, 6.07) is 5.47. The summed E-state index contributed by atoms with van der Waals surface area (Å²) in [6.07, 6.45) is 2.02. The van der Waals surface area contributed by atoms with Crippen LogP contribution in [0.4, 0.5) is 5.69 Å². The van der Waals surface area contributed by atoms with Gasteiger partial charge in [-0.15, -0.1) is 0 Å². The largest absolute Gasteiger partial charge is 0.398 e. The van der Waals surface area contributed by atoms with Crippen molar-refractivity contribution in [3.63, 3.8) is 0 Å². The topological polar surface area (TPSA) is 55.1 Å². The van der Waals surface area contributed by atoms with Crippen molar-refractivity contribution < 1.29 is 4.79 Å². The molecule has 1 rings (SSSR count). The average molecular weight is 238 g/mol. The molecule has 1 aromatic carbocycles. The number of nitrogen functional groups attached to an aromatic ring is 1. The van der Waals surface area contributed by atoms with Crippen molar-refractivity contribution in [2.45, 2.75) is 19.1 Å². The van der Waals surface area contributed by atoms with Crippen LogP contribution in [0.2, 0.25) is 0 Å². The van der Waals surface area contributed by atoms with Gasteiger partial charge in [0.2, 0.25) is 0 Å². The van der Waals surface area contributed by atoms with Crippen LogP contribution in [0.15, 0.2) is 18.2 Å². The molecule has 0 spiro atoms. The number of nitrogens with two attached hydrogens (primary N) is 1. The first-order chi connectivity index (χ1) is 7.54. The van der Waals surface area contributed by atoms with E-state index in [1.807, 2.05) is 25.3 Å². The number of hydrogen-bond acceptors (Lipinski definition) is 3. The van der Waals surface area contributed by atoms with Gasteiger partial charge < -0.3 is 11.1 Å². The van der Waals surface area contributed by atoms with E-state index in [2.05, 4.69) is 12.2 Å². The molecule has 0 aromatic heterocycles. The van der Waals surface area contributed by atoms with E-state index < -0.39 is 0 Å². The zero-order valence-corrected chi connectivity index (χ0v) is 10.7. The number of benzene rings is 1. The molecular formula is C12H18N2OS. The molecule has 0 aliphatic carbocycles. The van der Waals surface area contributed by atoms with Gasteiger partial charge in [-0.2, -0.15) is 11.8 Å². The van der Waals surface area contributed by atoms with Gasteiger partial charge in [-0.1, -0.05) is 13.0 Å². The number of nitrogens with one attached hydrogen (secondary N) is 1. The maximum atomic E-state index is 11.8. The van der Waals surface area contributed by atoms with Crippen LogP contribution in [0.3, 0.4) is 0 Å². The predicted molar refractivity (Wildman–Crippen MR) is 70.9 cm³/mol. The van der Waals surface area contributed by atoms with Crippen LogP contribution < -0.4 is 11.1 Å². The van der Waals surface area contributed by atoms with Crippen molar-refractivity contribution in [1.82, 2.24) is 5.32 Å². The average Bonchev–Trinajstić information content (AvgIpc) is 2.25. The lowest BCUT2D eigenvalue weighted by atomic mass is 10.1. The van der Waals surface area contributed by atoms with Gasteiger partial charge in [-0.25, -0.2) is 0 Å². The summed E-state index contributed by atoms with van der Waals surface area (Å²) in [5.74, 6) is -0.0987. The first-order valence-electron chi connectivity index (χ1n) is 5.21. The molecule has 3 nitrogen and oxygen atoms in total. The molecule has 88 valence electrons. The fourth-order valence-electron chi connectivity index (χ4n) is 1.30. The van der Waals surface area contributed by atoms with Crippen LogP contribution in [0.25, 0.3) is 0 Å². The maximum absolute atomic E-state index is 11.8. The number of carbonyl (C=O) groups is 1. The summed E-state index contributed by atoms with van der Waals surface area (Å²) in [7, 11) is 0. The van der Waals surface area contributed by atoms with E-state index in [-0.39, 0.29) is 5.91 Å². The number of carbonyl (C=O) groups excluding carboxylic acids is 1. The van der Waals surface area contributed by atoms with Gasteiger partial charge in [0.1, 0.15) is 0 Å². The lowest BCUT2D eigenvalue weighted by molar-refractivity contribution is 0.0955. The molecule has 0 saturated heterocycles. The van der Waals surface area contributed by atoms with Crippen LogP contribution in [0, 0.1) is 6.92 Å². The number of anilines is 1. The molecule has 16 heavy (non-hydrogen) atoms. The number of thioether (sulfide) groups is 1. The fraction of sp³-hybridized carbons (Fsp3) is 0.417. The van der Waals surface area contributed by atoms with E-state index in [1.54, 1.807) is 17.8 Å². The second-order valence-corrected chi connectivity index (χ2v) is 5.12. The van der Waals surface area contributed by atoms with Crippen LogP contribution in [-0.4, -0.2) is 24.0 Å². The minimum atomic E-state index is -0.0987. The third-order valence-electron chi connectivity index (χ3n) is 2.40.